The molecule has 0 aliphatic carbocycles. The van der Waals surface area contributed by atoms with Crippen molar-refractivity contribution in [2.75, 3.05) is 12.4 Å². The number of anilines is 1. The molecule has 27 heavy (non-hydrogen) atoms. The minimum atomic E-state index is -3.96. The first-order chi connectivity index (χ1) is 12.8. The molecule has 1 amide bonds. The lowest BCUT2D eigenvalue weighted by Gasteiger charge is -2.11. The van der Waals surface area contributed by atoms with Crippen LogP contribution in [0.5, 0.6) is 5.75 Å². The molecule has 11 heteroatoms. The quantitative estimate of drug-likeness (QED) is 0.658. The van der Waals surface area contributed by atoms with Crippen molar-refractivity contribution < 1.29 is 17.9 Å². The third kappa shape index (κ3) is 3.93. The first-order valence-electron chi connectivity index (χ1n) is 7.64. The Bertz CT molecular complexity index is 1110. The first-order valence-corrected chi connectivity index (χ1v) is 9.19. The highest BCUT2D eigenvalue weighted by atomic mass is 32.2. The smallest absolute Gasteiger partial charge is 0.259 e. The number of aryl methyl sites for hydroxylation is 1. The maximum Gasteiger partial charge on any atom is 0.259 e. The molecule has 10 nitrogen and oxygen atoms in total. The normalized spacial score (nSPS) is 11.2. The summed E-state index contributed by atoms with van der Waals surface area (Å²) in [6.45, 7) is 0. The molecule has 3 N–H and O–H groups in total. The second-order valence-electron chi connectivity index (χ2n) is 5.57. The molecule has 140 valence electrons. The molecule has 1 aromatic heterocycles. The van der Waals surface area contributed by atoms with E-state index >= 15 is 0 Å². The zero-order valence-electron chi connectivity index (χ0n) is 14.4. The van der Waals surface area contributed by atoms with E-state index in [1.54, 1.807) is 31.3 Å². The molecule has 0 radical (unpaired) electrons. The fourth-order valence-electron chi connectivity index (χ4n) is 2.45. The fourth-order valence-corrected chi connectivity index (χ4v) is 2.99. The minimum Gasteiger partial charge on any atom is -0.496 e. The molecule has 0 saturated carbocycles. The highest BCUT2D eigenvalue weighted by Gasteiger charge is 2.18. The van der Waals surface area contributed by atoms with E-state index in [0.29, 0.717) is 17.1 Å². The monoisotopic (exact) mass is 388 g/mol. The van der Waals surface area contributed by atoms with Gasteiger partial charge in [-0.3, -0.25) is 4.79 Å². The average Bonchev–Trinajstić information content (AvgIpc) is 3.06. The second kappa shape index (κ2) is 7.13. The Morgan fingerprint density at radius 1 is 1.22 bits per heavy atom. The summed E-state index contributed by atoms with van der Waals surface area (Å²) in [6, 6.07) is 10.7. The predicted octanol–water partition coefficient (Wildman–Crippen LogP) is 0.785. The highest BCUT2D eigenvalue weighted by molar-refractivity contribution is 7.89. The summed E-state index contributed by atoms with van der Waals surface area (Å²) >= 11 is 0. The van der Waals surface area contributed by atoms with Crippen LogP contribution in [0.2, 0.25) is 0 Å². The molecule has 1 heterocycles. The van der Waals surface area contributed by atoms with Crippen LogP contribution in [0.1, 0.15) is 10.4 Å². The van der Waals surface area contributed by atoms with Crippen molar-refractivity contribution in [3.63, 3.8) is 0 Å². The van der Waals surface area contributed by atoms with E-state index in [2.05, 4.69) is 20.8 Å². The number of nitrogens with two attached hydrogens (primary N) is 1. The van der Waals surface area contributed by atoms with Crippen molar-refractivity contribution in [2.24, 2.45) is 12.2 Å². The van der Waals surface area contributed by atoms with Crippen LogP contribution in [0.3, 0.4) is 0 Å². The van der Waals surface area contributed by atoms with Crippen LogP contribution in [0.25, 0.3) is 11.4 Å². The van der Waals surface area contributed by atoms with Gasteiger partial charge < -0.3 is 10.1 Å². The van der Waals surface area contributed by atoms with Gasteiger partial charge in [-0.05, 0) is 40.8 Å². The highest BCUT2D eigenvalue weighted by Crippen LogP contribution is 2.24. The number of amides is 1. The van der Waals surface area contributed by atoms with Gasteiger partial charge in [0.05, 0.1) is 17.6 Å². The van der Waals surface area contributed by atoms with E-state index in [0.717, 1.165) is 0 Å². The van der Waals surface area contributed by atoms with Gasteiger partial charge in [0.25, 0.3) is 5.91 Å². The number of benzene rings is 2. The van der Waals surface area contributed by atoms with Crippen molar-refractivity contribution >= 4 is 21.6 Å². The third-order valence-corrected chi connectivity index (χ3v) is 4.65. The number of rotatable bonds is 5. The number of methoxy groups -OCH3 is 1. The molecule has 0 bridgehead atoms. The van der Waals surface area contributed by atoms with Crippen LogP contribution in [-0.2, 0) is 17.1 Å². The van der Waals surface area contributed by atoms with Crippen molar-refractivity contribution in [3.8, 4) is 17.1 Å². The predicted molar refractivity (Wildman–Crippen MR) is 96.6 cm³/mol. The second-order valence-corrected chi connectivity index (χ2v) is 7.13. The van der Waals surface area contributed by atoms with Crippen LogP contribution in [0.4, 0.5) is 5.69 Å². The SMILES string of the molecule is COc1ccc(S(N)(=O)=O)cc1C(=O)Nc1cccc(-c2nnnn2C)c1. The van der Waals surface area contributed by atoms with Gasteiger partial charge in [0, 0.05) is 18.3 Å². The number of hydrogen-bond donors (Lipinski definition) is 2. The molecular formula is C16H16N6O4S. The molecule has 3 rings (SSSR count). The summed E-state index contributed by atoms with van der Waals surface area (Å²) in [4.78, 5) is 12.5. The summed E-state index contributed by atoms with van der Waals surface area (Å²) in [6.07, 6.45) is 0. The molecular weight excluding hydrogens is 372 g/mol. The van der Waals surface area contributed by atoms with Crippen LogP contribution in [0.15, 0.2) is 47.4 Å². The number of primary sulfonamides is 1. The van der Waals surface area contributed by atoms with Gasteiger partial charge in [0.2, 0.25) is 10.0 Å². The average molecular weight is 388 g/mol. The molecule has 2 aromatic carbocycles. The fraction of sp³-hybridized carbons (Fsp3) is 0.125. The van der Waals surface area contributed by atoms with Crippen molar-refractivity contribution in [1.82, 2.24) is 20.2 Å². The topological polar surface area (TPSA) is 142 Å². The number of aromatic nitrogens is 4. The van der Waals surface area contributed by atoms with Crippen LogP contribution >= 0.6 is 0 Å². The Morgan fingerprint density at radius 2 is 2.00 bits per heavy atom. The molecule has 0 fully saturated rings. The molecule has 3 aromatic rings. The van der Waals surface area contributed by atoms with E-state index in [1.807, 2.05) is 0 Å². The summed E-state index contributed by atoms with van der Waals surface area (Å²) in [7, 11) is -0.880. The lowest BCUT2D eigenvalue weighted by molar-refractivity contribution is 0.102. The molecule has 0 aliphatic rings. The molecule has 0 spiro atoms. The van der Waals surface area contributed by atoms with Crippen LogP contribution in [0, 0.1) is 0 Å². The summed E-state index contributed by atoms with van der Waals surface area (Å²) in [5.41, 5.74) is 1.21. The lowest BCUT2D eigenvalue weighted by Crippen LogP contribution is -2.16. The van der Waals surface area contributed by atoms with Crippen molar-refractivity contribution in [3.05, 3.63) is 48.0 Å². The number of carbonyl (C=O) groups is 1. The van der Waals surface area contributed by atoms with Crippen molar-refractivity contribution in [2.45, 2.75) is 4.90 Å². The number of hydrogen-bond acceptors (Lipinski definition) is 7. The minimum absolute atomic E-state index is 0.0368. The molecule has 0 saturated heterocycles. The zero-order valence-corrected chi connectivity index (χ0v) is 15.3. The summed E-state index contributed by atoms with van der Waals surface area (Å²) < 4.78 is 29.8. The number of ether oxygens (including phenoxy) is 1. The van der Waals surface area contributed by atoms with E-state index in [-0.39, 0.29) is 16.2 Å². The third-order valence-electron chi connectivity index (χ3n) is 3.74. The number of nitrogens with zero attached hydrogens (tertiary/aromatic N) is 4. The molecule has 0 unspecified atom stereocenters. The van der Waals surface area contributed by atoms with Gasteiger partial charge in [-0.2, -0.15) is 0 Å². The Balaban J connectivity index is 1.93. The maximum absolute atomic E-state index is 12.7. The zero-order chi connectivity index (χ0) is 19.6. The van der Waals surface area contributed by atoms with Gasteiger partial charge in [-0.25, -0.2) is 18.2 Å². The van der Waals surface area contributed by atoms with Gasteiger partial charge in [0.15, 0.2) is 5.82 Å². The van der Waals surface area contributed by atoms with Gasteiger partial charge in [0.1, 0.15) is 5.75 Å². The standard InChI is InChI=1S/C16H16N6O4S/c1-22-15(19-20-21-22)10-4-3-5-11(8-10)18-16(23)13-9-12(27(17,24)25)6-7-14(13)26-2/h3-9H,1-2H3,(H,18,23)(H2,17,24,25). The Morgan fingerprint density at radius 3 is 2.63 bits per heavy atom. The largest absolute Gasteiger partial charge is 0.496 e. The maximum atomic E-state index is 12.7. The van der Waals surface area contributed by atoms with Gasteiger partial charge >= 0.3 is 0 Å². The first kappa shape index (κ1) is 18.5. The van der Waals surface area contributed by atoms with E-state index in [4.69, 9.17) is 9.88 Å². The number of tetrazole rings is 1. The van der Waals surface area contributed by atoms with E-state index in [1.165, 1.54) is 30.0 Å². The lowest BCUT2D eigenvalue weighted by atomic mass is 10.1. The van der Waals surface area contributed by atoms with Gasteiger partial charge in [-0.1, -0.05) is 12.1 Å². The Kier molecular flexibility index (Phi) is 4.88. The van der Waals surface area contributed by atoms with Crippen LogP contribution < -0.4 is 15.2 Å². The Labute approximate surface area is 155 Å². The van der Waals surface area contributed by atoms with Gasteiger partial charge in [-0.15, -0.1) is 5.10 Å². The van der Waals surface area contributed by atoms with Crippen molar-refractivity contribution in [1.29, 1.82) is 0 Å². The molecule has 0 atom stereocenters. The summed E-state index contributed by atoms with van der Waals surface area (Å²) in [5.74, 6) is 0.194. The number of nitrogens with one attached hydrogen (secondary N) is 1. The Hall–Kier alpha value is -3.31. The van der Waals surface area contributed by atoms with Crippen LogP contribution in [-0.4, -0.2) is 41.6 Å². The number of carbonyl (C=O) groups excluding carboxylic acids is 1. The van der Waals surface area contributed by atoms with E-state index < -0.39 is 15.9 Å². The number of sulfonamides is 1. The summed E-state index contributed by atoms with van der Waals surface area (Å²) in [5, 5.41) is 19.1. The molecule has 0 aliphatic heterocycles. The van der Waals surface area contributed by atoms with E-state index in [9.17, 15) is 13.2 Å².